The Morgan fingerprint density at radius 3 is 2.22 bits per heavy atom. The number of rotatable bonds is 8. The number of piperidine rings is 1. The highest BCUT2D eigenvalue weighted by Gasteiger charge is 2.65. The number of benzene rings is 2. The number of ether oxygens (including phenoxy) is 2. The predicted molar refractivity (Wildman–Crippen MR) is 139 cm³/mol. The number of esters is 1. The van der Waals surface area contributed by atoms with Gasteiger partial charge in [-0.15, -0.1) is 10.2 Å². The van der Waals surface area contributed by atoms with Gasteiger partial charge in [0.2, 0.25) is 5.82 Å². The van der Waals surface area contributed by atoms with Crippen LogP contribution >= 0.6 is 10.2 Å². The molecule has 0 aliphatic carbocycles. The monoisotopic (exact) mass is 597 g/mol. The van der Waals surface area contributed by atoms with E-state index in [1.165, 1.54) is 7.11 Å². The predicted octanol–water partition coefficient (Wildman–Crippen LogP) is 6.68. The third kappa shape index (κ3) is 6.30. The van der Waals surface area contributed by atoms with Crippen LogP contribution in [0.5, 0.6) is 0 Å². The summed E-state index contributed by atoms with van der Waals surface area (Å²) in [5.74, 6) is 0.241. The largest absolute Gasteiger partial charge is 0.454 e. The zero-order chi connectivity index (χ0) is 29.4. The van der Waals surface area contributed by atoms with E-state index < -0.39 is 26.7 Å². The van der Waals surface area contributed by atoms with E-state index in [2.05, 4.69) is 20.3 Å². The first kappa shape index (κ1) is 28.4. The number of halogens is 5. The van der Waals surface area contributed by atoms with Crippen LogP contribution in [0.4, 0.5) is 25.2 Å². The third-order valence-electron chi connectivity index (χ3n) is 6.79. The summed E-state index contributed by atoms with van der Waals surface area (Å²) in [6, 6.07) is 14.7. The van der Waals surface area contributed by atoms with Gasteiger partial charge in [-0.2, -0.15) is 4.98 Å². The minimum atomic E-state index is -9.76. The Balaban J connectivity index is 1.20. The lowest BCUT2D eigenvalue weighted by atomic mass is 9.84. The van der Waals surface area contributed by atoms with E-state index >= 15 is 0 Å². The highest BCUT2D eigenvalue weighted by molar-refractivity contribution is 8.45. The van der Waals surface area contributed by atoms with Gasteiger partial charge in [0.1, 0.15) is 4.90 Å². The van der Waals surface area contributed by atoms with Crippen LogP contribution in [-0.4, -0.2) is 46.5 Å². The topological polar surface area (TPSA) is 103 Å². The zero-order valence-electron chi connectivity index (χ0n) is 21.6. The second-order valence-electron chi connectivity index (χ2n) is 9.41. The van der Waals surface area contributed by atoms with E-state index in [0.717, 1.165) is 12.1 Å². The molecule has 1 fully saturated rings. The molecule has 2 aromatic carbocycles. The quantitative estimate of drug-likeness (QED) is 0.162. The summed E-state index contributed by atoms with van der Waals surface area (Å²) in [5, 5.41) is 12.2. The molecule has 218 valence electrons. The van der Waals surface area contributed by atoms with Gasteiger partial charge in [0.15, 0.2) is 18.1 Å². The molecule has 1 aliphatic rings. The Morgan fingerprint density at radius 2 is 1.63 bits per heavy atom. The number of hydrogen-bond acceptors (Lipinski definition) is 9. The molecule has 0 saturated carbocycles. The van der Waals surface area contributed by atoms with Crippen molar-refractivity contribution in [3.05, 3.63) is 83.7 Å². The van der Waals surface area contributed by atoms with Crippen molar-refractivity contribution in [1.82, 2.24) is 20.3 Å². The summed E-state index contributed by atoms with van der Waals surface area (Å²) in [5.41, 5.74) is 0.135. The number of methoxy groups -OCH3 is 1. The van der Waals surface area contributed by atoms with Gasteiger partial charge in [-0.05, 0) is 54.8 Å². The average molecular weight is 598 g/mol. The first-order valence-electron chi connectivity index (χ1n) is 12.3. The molecule has 15 heteroatoms. The third-order valence-corrected chi connectivity index (χ3v) is 7.95. The van der Waals surface area contributed by atoms with Crippen LogP contribution in [0.3, 0.4) is 0 Å². The minimum Gasteiger partial charge on any atom is -0.454 e. The molecule has 3 heterocycles. The maximum Gasteiger partial charge on any atom is 0.338 e. The van der Waals surface area contributed by atoms with Crippen LogP contribution in [0.15, 0.2) is 76.1 Å². The van der Waals surface area contributed by atoms with Crippen molar-refractivity contribution >= 4 is 22.0 Å². The summed E-state index contributed by atoms with van der Waals surface area (Å²) < 4.78 is 81.7. The van der Waals surface area contributed by atoms with Gasteiger partial charge in [0, 0.05) is 20.2 Å². The van der Waals surface area contributed by atoms with E-state index in [-0.39, 0.29) is 18.3 Å². The maximum atomic E-state index is 13.1. The first-order chi connectivity index (χ1) is 19.3. The molecule has 4 aromatic rings. The Morgan fingerprint density at radius 1 is 0.951 bits per heavy atom. The zero-order valence-corrected chi connectivity index (χ0v) is 22.4. The van der Waals surface area contributed by atoms with E-state index in [4.69, 9.17) is 14.0 Å². The standard InChI is InChI=1S/C26H24F5N5O4S/c1-38-26(19-7-9-20(10-8-19)41(27,28,29,30)31)13-15-36(16-14-26)23-12-11-21(33-34-23)24-32-22(35-40-24)17-39-25(37)18-5-3-2-4-6-18/h2-12H,13-17H2,1H3. The van der Waals surface area contributed by atoms with Crippen LogP contribution in [0, 0.1) is 0 Å². The van der Waals surface area contributed by atoms with E-state index in [9.17, 15) is 24.2 Å². The molecule has 9 nitrogen and oxygen atoms in total. The lowest BCUT2D eigenvalue weighted by molar-refractivity contribution is -0.0348. The Bertz CT molecular complexity index is 1530. The lowest BCUT2D eigenvalue weighted by Gasteiger charge is -2.43. The van der Waals surface area contributed by atoms with Gasteiger partial charge in [0.05, 0.1) is 11.2 Å². The summed E-state index contributed by atoms with van der Waals surface area (Å²) in [6.45, 7) is 0.645. The molecule has 0 amide bonds. The van der Waals surface area contributed by atoms with Gasteiger partial charge in [-0.3, -0.25) is 0 Å². The van der Waals surface area contributed by atoms with Crippen LogP contribution in [0.1, 0.15) is 34.6 Å². The van der Waals surface area contributed by atoms with E-state index in [1.807, 2.05) is 4.90 Å². The molecular weight excluding hydrogens is 573 g/mol. The molecule has 41 heavy (non-hydrogen) atoms. The van der Waals surface area contributed by atoms with Crippen molar-refractivity contribution in [1.29, 1.82) is 0 Å². The fraction of sp³-hybridized carbons (Fsp3) is 0.269. The molecule has 2 aromatic heterocycles. The fourth-order valence-corrected chi connectivity index (χ4v) is 5.19. The van der Waals surface area contributed by atoms with Crippen molar-refractivity contribution in [2.75, 3.05) is 25.1 Å². The van der Waals surface area contributed by atoms with Gasteiger partial charge in [-0.1, -0.05) is 54.9 Å². The summed E-state index contributed by atoms with van der Waals surface area (Å²) >= 11 is 0. The number of carbonyl (C=O) groups is 1. The number of carbonyl (C=O) groups excluding carboxylic acids is 1. The normalized spacial score (nSPS) is 17.0. The molecule has 1 saturated heterocycles. The summed E-state index contributed by atoms with van der Waals surface area (Å²) in [7, 11) is -8.32. The lowest BCUT2D eigenvalue weighted by Crippen LogP contribution is -2.44. The van der Waals surface area contributed by atoms with E-state index in [1.54, 1.807) is 42.5 Å². The first-order valence-corrected chi connectivity index (χ1v) is 14.3. The molecule has 0 spiro atoms. The van der Waals surface area contributed by atoms with Crippen molar-refractivity contribution in [2.24, 2.45) is 0 Å². The number of anilines is 1. The Kier molecular flexibility index (Phi) is 6.77. The molecule has 0 bridgehead atoms. The summed E-state index contributed by atoms with van der Waals surface area (Å²) in [6.07, 6.45) is 0.745. The van der Waals surface area contributed by atoms with Crippen LogP contribution in [-0.2, 0) is 21.7 Å². The second kappa shape index (κ2) is 9.76. The SMILES string of the molecule is COC1(c2ccc(S(F)(F)(F)(F)F)cc2)CCN(c2ccc(-c3nc(COC(=O)c4ccccc4)no3)nn2)CC1. The summed E-state index contributed by atoms with van der Waals surface area (Å²) in [4.78, 5) is 16.2. The van der Waals surface area contributed by atoms with Crippen LogP contribution in [0.25, 0.3) is 11.6 Å². The fourth-order valence-electron chi connectivity index (χ4n) is 4.54. The highest BCUT2D eigenvalue weighted by Crippen LogP contribution is 3.02. The molecule has 0 radical (unpaired) electrons. The smallest absolute Gasteiger partial charge is 0.338 e. The Hall–Kier alpha value is -4.11. The van der Waals surface area contributed by atoms with Gasteiger partial charge in [-0.25, -0.2) is 4.79 Å². The molecular formula is C26H24F5N5O4S. The van der Waals surface area contributed by atoms with Crippen LogP contribution in [0.2, 0.25) is 0 Å². The highest BCUT2D eigenvalue weighted by atomic mass is 32.5. The van der Waals surface area contributed by atoms with Gasteiger partial charge >= 0.3 is 16.2 Å². The average Bonchev–Trinajstić information content (AvgIpc) is 3.45. The van der Waals surface area contributed by atoms with Gasteiger partial charge < -0.3 is 18.9 Å². The van der Waals surface area contributed by atoms with Crippen molar-refractivity contribution in [3.63, 3.8) is 0 Å². The van der Waals surface area contributed by atoms with Crippen molar-refractivity contribution < 1.29 is 38.2 Å². The van der Waals surface area contributed by atoms with Gasteiger partial charge in [0.25, 0.3) is 5.89 Å². The minimum absolute atomic E-state index is 0.0851. The maximum absolute atomic E-state index is 13.1. The number of nitrogens with zero attached hydrogens (tertiary/aromatic N) is 5. The van der Waals surface area contributed by atoms with Crippen molar-refractivity contribution in [3.8, 4) is 11.6 Å². The molecule has 1 aliphatic heterocycles. The number of hydrogen-bond donors (Lipinski definition) is 0. The number of aromatic nitrogens is 4. The van der Waals surface area contributed by atoms with Crippen molar-refractivity contribution in [2.45, 2.75) is 29.9 Å². The Labute approximate surface area is 231 Å². The molecule has 5 rings (SSSR count). The molecule has 0 unspecified atom stereocenters. The molecule has 0 atom stereocenters. The van der Waals surface area contributed by atoms with E-state index in [0.29, 0.717) is 60.7 Å². The molecule has 0 N–H and O–H groups in total. The van der Waals surface area contributed by atoms with Crippen LogP contribution < -0.4 is 4.90 Å². The second-order valence-corrected chi connectivity index (χ2v) is 11.8.